The van der Waals surface area contributed by atoms with E-state index in [0.717, 1.165) is 15.1 Å². The Kier molecular flexibility index (Phi) is 2.63. The lowest BCUT2D eigenvalue weighted by Gasteiger charge is -2.11. The minimum atomic E-state index is 0.172. The average molecular weight is 261 g/mol. The van der Waals surface area contributed by atoms with Gasteiger partial charge >= 0.3 is 0 Å². The number of hydrogen-bond acceptors (Lipinski definition) is 1. The van der Waals surface area contributed by atoms with Gasteiger partial charge in [-0.3, -0.25) is 0 Å². The average Bonchev–Trinajstić information content (AvgIpc) is 2.91. The first-order valence-electron chi connectivity index (χ1n) is 4.39. The normalized spacial score (nSPS) is 18.7. The molecule has 1 aromatic carbocycles. The van der Waals surface area contributed by atoms with Crippen LogP contribution in [0, 0.1) is 5.92 Å². The van der Waals surface area contributed by atoms with Crippen molar-refractivity contribution in [2.75, 3.05) is 0 Å². The van der Waals surface area contributed by atoms with E-state index in [0.29, 0.717) is 5.92 Å². The van der Waals surface area contributed by atoms with Crippen molar-refractivity contribution < 1.29 is 0 Å². The molecule has 0 unspecified atom stereocenters. The summed E-state index contributed by atoms with van der Waals surface area (Å²) >= 11 is 9.34. The smallest absolute Gasteiger partial charge is 0.0551 e. The zero-order valence-electron chi connectivity index (χ0n) is 7.13. The van der Waals surface area contributed by atoms with Crippen LogP contribution in [-0.2, 0) is 0 Å². The summed E-state index contributed by atoms with van der Waals surface area (Å²) < 4.78 is 0.931. The number of hydrogen-bond donors (Lipinski definition) is 1. The summed E-state index contributed by atoms with van der Waals surface area (Å²) in [7, 11) is 0. The maximum Gasteiger partial charge on any atom is 0.0551 e. The van der Waals surface area contributed by atoms with E-state index in [1.54, 1.807) is 0 Å². The number of rotatable bonds is 2. The van der Waals surface area contributed by atoms with E-state index in [-0.39, 0.29) is 6.04 Å². The van der Waals surface area contributed by atoms with Gasteiger partial charge in [-0.1, -0.05) is 17.7 Å². The van der Waals surface area contributed by atoms with Crippen molar-refractivity contribution in [3.63, 3.8) is 0 Å². The number of halogens is 2. The molecule has 0 bridgehead atoms. The van der Waals surface area contributed by atoms with Gasteiger partial charge in [0.1, 0.15) is 0 Å². The van der Waals surface area contributed by atoms with Gasteiger partial charge in [0.25, 0.3) is 0 Å². The second-order valence-electron chi connectivity index (χ2n) is 3.54. The van der Waals surface area contributed by atoms with Crippen molar-refractivity contribution in [1.82, 2.24) is 0 Å². The lowest BCUT2D eigenvalue weighted by atomic mass is 10.0. The summed E-state index contributed by atoms with van der Waals surface area (Å²) in [4.78, 5) is 0. The Hall–Kier alpha value is -0.0500. The Labute approximate surface area is 91.4 Å². The van der Waals surface area contributed by atoms with Crippen LogP contribution in [-0.4, -0.2) is 0 Å². The lowest BCUT2D eigenvalue weighted by molar-refractivity contribution is 0.633. The van der Waals surface area contributed by atoms with Crippen LogP contribution in [0.15, 0.2) is 22.7 Å². The summed E-state index contributed by atoms with van der Waals surface area (Å²) in [5.74, 6) is 0.678. The summed E-state index contributed by atoms with van der Waals surface area (Å²) in [6.07, 6.45) is 2.52. The molecule has 1 fully saturated rings. The van der Waals surface area contributed by atoms with Gasteiger partial charge in [-0.15, -0.1) is 0 Å². The third kappa shape index (κ3) is 2.06. The molecular weight excluding hydrogens is 249 g/mol. The molecule has 1 nitrogen and oxygen atoms in total. The van der Waals surface area contributed by atoms with Gasteiger partial charge < -0.3 is 5.73 Å². The molecule has 0 amide bonds. The highest BCUT2D eigenvalue weighted by atomic mass is 79.9. The van der Waals surface area contributed by atoms with Crippen molar-refractivity contribution in [2.24, 2.45) is 11.7 Å². The van der Waals surface area contributed by atoms with E-state index in [2.05, 4.69) is 15.9 Å². The third-order valence-electron chi connectivity index (χ3n) is 2.46. The van der Waals surface area contributed by atoms with E-state index in [1.807, 2.05) is 18.2 Å². The van der Waals surface area contributed by atoms with Crippen molar-refractivity contribution in [2.45, 2.75) is 18.9 Å². The number of benzene rings is 1. The largest absolute Gasteiger partial charge is 0.324 e. The summed E-state index contributed by atoms with van der Waals surface area (Å²) in [6.45, 7) is 0. The maximum atomic E-state index is 6.05. The first-order chi connectivity index (χ1) is 6.18. The molecule has 13 heavy (non-hydrogen) atoms. The van der Waals surface area contributed by atoms with Gasteiger partial charge in [-0.25, -0.2) is 0 Å². The topological polar surface area (TPSA) is 26.0 Å². The van der Waals surface area contributed by atoms with Crippen molar-refractivity contribution in [1.29, 1.82) is 0 Å². The van der Waals surface area contributed by atoms with Crippen LogP contribution in [0.1, 0.15) is 24.4 Å². The van der Waals surface area contributed by atoms with Crippen LogP contribution in [0.2, 0.25) is 5.02 Å². The maximum absolute atomic E-state index is 6.05. The Balaban J connectivity index is 2.24. The Morgan fingerprint density at radius 1 is 1.46 bits per heavy atom. The minimum Gasteiger partial charge on any atom is -0.324 e. The monoisotopic (exact) mass is 259 g/mol. The summed E-state index contributed by atoms with van der Waals surface area (Å²) in [5.41, 5.74) is 7.19. The first kappa shape index (κ1) is 9.50. The molecule has 1 aliphatic rings. The second-order valence-corrected chi connectivity index (χ2v) is 4.80. The van der Waals surface area contributed by atoms with Crippen LogP contribution in [0.25, 0.3) is 0 Å². The van der Waals surface area contributed by atoms with Gasteiger partial charge in [0.15, 0.2) is 0 Å². The third-order valence-corrected chi connectivity index (χ3v) is 3.69. The Bertz CT molecular complexity index is 323. The van der Waals surface area contributed by atoms with Crippen LogP contribution in [0.4, 0.5) is 0 Å². The van der Waals surface area contributed by atoms with Gasteiger partial charge in [0, 0.05) is 10.5 Å². The molecule has 0 radical (unpaired) electrons. The SMILES string of the molecule is N[C@H](c1ccc(Br)c(Cl)c1)C1CC1. The van der Waals surface area contributed by atoms with Gasteiger partial charge in [0.05, 0.1) is 5.02 Å². The van der Waals surface area contributed by atoms with Crippen molar-refractivity contribution >= 4 is 27.5 Å². The minimum absolute atomic E-state index is 0.172. The van der Waals surface area contributed by atoms with E-state index in [4.69, 9.17) is 17.3 Å². The van der Waals surface area contributed by atoms with Crippen LogP contribution in [0.5, 0.6) is 0 Å². The van der Waals surface area contributed by atoms with Crippen LogP contribution in [0.3, 0.4) is 0 Å². The van der Waals surface area contributed by atoms with E-state index < -0.39 is 0 Å². The summed E-state index contributed by atoms with van der Waals surface area (Å²) in [5, 5.41) is 0.744. The molecule has 0 aromatic heterocycles. The molecular formula is C10H11BrClN. The van der Waals surface area contributed by atoms with Gasteiger partial charge in [-0.2, -0.15) is 0 Å². The van der Waals surface area contributed by atoms with Gasteiger partial charge in [-0.05, 0) is 52.4 Å². The fourth-order valence-corrected chi connectivity index (χ4v) is 1.88. The van der Waals surface area contributed by atoms with E-state index in [9.17, 15) is 0 Å². The lowest BCUT2D eigenvalue weighted by Crippen LogP contribution is -2.12. The Morgan fingerprint density at radius 3 is 2.69 bits per heavy atom. The highest BCUT2D eigenvalue weighted by Crippen LogP contribution is 2.40. The van der Waals surface area contributed by atoms with E-state index >= 15 is 0 Å². The highest BCUT2D eigenvalue weighted by molar-refractivity contribution is 9.10. The molecule has 0 spiro atoms. The second kappa shape index (κ2) is 3.60. The predicted molar refractivity (Wildman–Crippen MR) is 58.8 cm³/mol. The molecule has 0 saturated heterocycles. The molecule has 0 heterocycles. The molecule has 1 aliphatic carbocycles. The molecule has 3 heteroatoms. The fourth-order valence-electron chi connectivity index (χ4n) is 1.45. The number of nitrogens with two attached hydrogens (primary N) is 1. The van der Waals surface area contributed by atoms with Crippen LogP contribution < -0.4 is 5.73 Å². The zero-order valence-corrected chi connectivity index (χ0v) is 9.48. The molecule has 2 rings (SSSR count). The standard InChI is InChI=1S/C10H11BrClN/c11-8-4-3-7(5-9(8)12)10(13)6-1-2-6/h3-6,10H,1-2,13H2/t10-/m0/s1. The van der Waals surface area contributed by atoms with Crippen LogP contribution >= 0.6 is 27.5 Å². The fraction of sp³-hybridized carbons (Fsp3) is 0.400. The highest BCUT2D eigenvalue weighted by Gasteiger charge is 2.29. The van der Waals surface area contributed by atoms with Crippen molar-refractivity contribution in [3.8, 4) is 0 Å². The first-order valence-corrected chi connectivity index (χ1v) is 5.56. The van der Waals surface area contributed by atoms with Gasteiger partial charge in [0.2, 0.25) is 0 Å². The van der Waals surface area contributed by atoms with Crippen molar-refractivity contribution in [3.05, 3.63) is 33.3 Å². The van der Waals surface area contributed by atoms with E-state index in [1.165, 1.54) is 12.8 Å². The Morgan fingerprint density at radius 2 is 2.15 bits per heavy atom. The molecule has 1 saturated carbocycles. The quantitative estimate of drug-likeness (QED) is 0.865. The molecule has 1 aromatic rings. The molecule has 0 aliphatic heterocycles. The molecule has 70 valence electrons. The predicted octanol–water partition coefficient (Wildman–Crippen LogP) is 3.51. The molecule has 1 atom stereocenters. The summed E-state index contributed by atoms with van der Waals surface area (Å²) in [6, 6.07) is 6.12. The molecule has 2 N–H and O–H groups in total. The zero-order chi connectivity index (χ0) is 9.42.